The molecule has 1 N–H and O–H groups in total. The first-order valence-corrected chi connectivity index (χ1v) is 6.77. The van der Waals surface area contributed by atoms with Crippen molar-refractivity contribution in [3.05, 3.63) is 35.9 Å². The number of rotatable bonds is 6. The van der Waals surface area contributed by atoms with E-state index < -0.39 is 0 Å². The Hall–Kier alpha value is -1.62. The van der Waals surface area contributed by atoms with Gasteiger partial charge in [0.25, 0.3) is 0 Å². The van der Waals surface area contributed by atoms with Gasteiger partial charge in [0.05, 0.1) is 12.0 Å². The molecule has 0 fully saturated rings. The summed E-state index contributed by atoms with van der Waals surface area (Å²) < 4.78 is 4.36. The van der Waals surface area contributed by atoms with E-state index in [4.69, 9.17) is 0 Å². The second-order valence-electron chi connectivity index (χ2n) is 5.09. The third-order valence-electron chi connectivity index (χ3n) is 3.58. The van der Waals surface area contributed by atoms with Crippen molar-refractivity contribution < 1.29 is 0 Å². The summed E-state index contributed by atoms with van der Waals surface area (Å²) >= 11 is 0. The van der Waals surface area contributed by atoms with Crippen molar-refractivity contribution in [1.29, 1.82) is 0 Å². The lowest BCUT2D eigenvalue weighted by Gasteiger charge is -2.16. The Labute approximate surface area is 114 Å². The molecule has 2 rings (SSSR count). The maximum atomic E-state index is 4.31. The summed E-state index contributed by atoms with van der Waals surface area (Å²) in [6.07, 6.45) is 5.79. The number of nitrogens with one attached hydrogen (secondary N) is 1. The monoisotopic (exact) mass is 261 g/mol. The van der Waals surface area contributed by atoms with E-state index in [2.05, 4.69) is 38.3 Å². The Bertz CT molecular complexity index is 526. The number of imidazole rings is 2. The number of hydrogen-bond donors (Lipinski definition) is 1. The first kappa shape index (κ1) is 13.8. The third kappa shape index (κ3) is 3.44. The summed E-state index contributed by atoms with van der Waals surface area (Å²) in [4.78, 5) is 8.54. The van der Waals surface area contributed by atoms with Crippen molar-refractivity contribution in [1.82, 2.24) is 24.4 Å². The minimum Gasteiger partial charge on any atom is -0.334 e. The molecule has 0 radical (unpaired) electrons. The standard InChI is InChI=1S/C14H23N5/c1-11(9-18-7-6-16-14(18)4)15-5-8-19-10-17-12(2)13(19)3/h6-7,10-11,15H,5,8-9H2,1-4H3/t11-/m0/s1. The topological polar surface area (TPSA) is 47.7 Å². The molecule has 0 aromatic carbocycles. The maximum Gasteiger partial charge on any atom is 0.105 e. The highest BCUT2D eigenvalue weighted by molar-refractivity contribution is 5.08. The van der Waals surface area contributed by atoms with Gasteiger partial charge in [-0.15, -0.1) is 0 Å². The summed E-state index contributed by atoms with van der Waals surface area (Å²) in [7, 11) is 0. The predicted molar refractivity (Wildman–Crippen MR) is 76.1 cm³/mol. The van der Waals surface area contributed by atoms with Crippen LogP contribution in [0.5, 0.6) is 0 Å². The molecule has 5 heteroatoms. The number of aromatic nitrogens is 4. The van der Waals surface area contributed by atoms with Crippen LogP contribution in [0.1, 0.15) is 24.1 Å². The van der Waals surface area contributed by atoms with Gasteiger partial charge in [0.1, 0.15) is 5.82 Å². The van der Waals surface area contributed by atoms with Crippen LogP contribution < -0.4 is 5.32 Å². The van der Waals surface area contributed by atoms with Gasteiger partial charge in [-0.05, 0) is 27.7 Å². The fourth-order valence-corrected chi connectivity index (χ4v) is 2.16. The van der Waals surface area contributed by atoms with Crippen molar-refractivity contribution in [2.45, 2.75) is 46.8 Å². The van der Waals surface area contributed by atoms with E-state index in [0.717, 1.165) is 31.2 Å². The molecule has 0 unspecified atom stereocenters. The molecule has 0 aliphatic heterocycles. The van der Waals surface area contributed by atoms with E-state index >= 15 is 0 Å². The van der Waals surface area contributed by atoms with Gasteiger partial charge in [-0.1, -0.05) is 0 Å². The zero-order chi connectivity index (χ0) is 13.8. The molecule has 0 bridgehead atoms. The fraction of sp³-hybridized carbons (Fsp3) is 0.571. The molecule has 0 saturated heterocycles. The largest absolute Gasteiger partial charge is 0.334 e. The average Bonchev–Trinajstić information content (AvgIpc) is 2.90. The number of aryl methyl sites for hydroxylation is 2. The van der Waals surface area contributed by atoms with Crippen molar-refractivity contribution in [2.75, 3.05) is 6.54 Å². The Kier molecular flexibility index (Phi) is 4.37. The molecule has 0 saturated carbocycles. The first-order chi connectivity index (χ1) is 9.08. The minimum atomic E-state index is 0.429. The van der Waals surface area contributed by atoms with Gasteiger partial charge < -0.3 is 14.5 Å². The third-order valence-corrected chi connectivity index (χ3v) is 3.58. The predicted octanol–water partition coefficient (Wildman–Crippen LogP) is 1.68. The van der Waals surface area contributed by atoms with Gasteiger partial charge in [0.15, 0.2) is 0 Å². The molecule has 1 atom stereocenters. The molecular formula is C14H23N5. The van der Waals surface area contributed by atoms with Gasteiger partial charge in [-0.25, -0.2) is 9.97 Å². The van der Waals surface area contributed by atoms with Crippen LogP contribution in [0.15, 0.2) is 18.7 Å². The smallest absolute Gasteiger partial charge is 0.105 e. The van der Waals surface area contributed by atoms with Crippen LogP contribution in [0.3, 0.4) is 0 Å². The second kappa shape index (κ2) is 6.02. The molecule has 0 amide bonds. The van der Waals surface area contributed by atoms with E-state index in [9.17, 15) is 0 Å². The molecule has 2 heterocycles. The lowest BCUT2D eigenvalue weighted by atomic mass is 10.3. The van der Waals surface area contributed by atoms with Crippen molar-refractivity contribution in [3.8, 4) is 0 Å². The van der Waals surface area contributed by atoms with Crippen molar-refractivity contribution >= 4 is 0 Å². The van der Waals surface area contributed by atoms with E-state index in [-0.39, 0.29) is 0 Å². The van der Waals surface area contributed by atoms with Gasteiger partial charge in [0, 0.05) is 43.8 Å². The van der Waals surface area contributed by atoms with Crippen LogP contribution in [-0.2, 0) is 13.1 Å². The molecule has 0 aliphatic rings. The van der Waals surface area contributed by atoms with Crippen LogP contribution in [0.25, 0.3) is 0 Å². The SMILES string of the molecule is Cc1ncn(CCN[C@@H](C)Cn2ccnc2C)c1C. The fourth-order valence-electron chi connectivity index (χ4n) is 2.16. The average molecular weight is 261 g/mol. The van der Waals surface area contributed by atoms with E-state index in [1.54, 1.807) is 0 Å². The summed E-state index contributed by atoms with van der Waals surface area (Å²) in [5, 5.41) is 3.54. The number of hydrogen-bond acceptors (Lipinski definition) is 3. The van der Waals surface area contributed by atoms with E-state index in [1.165, 1.54) is 5.69 Å². The van der Waals surface area contributed by atoms with E-state index in [1.807, 2.05) is 32.6 Å². The van der Waals surface area contributed by atoms with Crippen LogP contribution in [0.2, 0.25) is 0 Å². The highest BCUT2D eigenvalue weighted by atomic mass is 15.1. The summed E-state index contributed by atoms with van der Waals surface area (Å²) in [6.45, 7) is 11.2. The normalized spacial score (nSPS) is 12.8. The van der Waals surface area contributed by atoms with E-state index in [0.29, 0.717) is 6.04 Å². The molecule has 0 spiro atoms. The van der Waals surface area contributed by atoms with Crippen LogP contribution in [0.4, 0.5) is 0 Å². The zero-order valence-electron chi connectivity index (χ0n) is 12.2. The molecule has 5 nitrogen and oxygen atoms in total. The molecular weight excluding hydrogens is 238 g/mol. The first-order valence-electron chi connectivity index (χ1n) is 6.77. The summed E-state index contributed by atoms with van der Waals surface area (Å²) in [5.74, 6) is 1.06. The molecule has 2 aromatic rings. The second-order valence-corrected chi connectivity index (χ2v) is 5.09. The molecule has 2 aromatic heterocycles. The minimum absolute atomic E-state index is 0.429. The molecule has 104 valence electrons. The highest BCUT2D eigenvalue weighted by Gasteiger charge is 2.05. The van der Waals surface area contributed by atoms with Crippen LogP contribution >= 0.6 is 0 Å². The Morgan fingerprint density at radius 1 is 1.21 bits per heavy atom. The Morgan fingerprint density at radius 3 is 2.58 bits per heavy atom. The zero-order valence-corrected chi connectivity index (χ0v) is 12.2. The lowest BCUT2D eigenvalue weighted by molar-refractivity contribution is 0.455. The lowest BCUT2D eigenvalue weighted by Crippen LogP contribution is -2.33. The quantitative estimate of drug-likeness (QED) is 0.860. The van der Waals surface area contributed by atoms with Gasteiger partial charge >= 0.3 is 0 Å². The van der Waals surface area contributed by atoms with Crippen molar-refractivity contribution in [2.24, 2.45) is 0 Å². The van der Waals surface area contributed by atoms with Gasteiger partial charge in [-0.2, -0.15) is 0 Å². The van der Waals surface area contributed by atoms with Crippen LogP contribution in [-0.4, -0.2) is 31.7 Å². The van der Waals surface area contributed by atoms with Gasteiger partial charge in [0.2, 0.25) is 0 Å². The molecule has 19 heavy (non-hydrogen) atoms. The maximum absolute atomic E-state index is 4.31. The van der Waals surface area contributed by atoms with Crippen LogP contribution in [0, 0.1) is 20.8 Å². The van der Waals surface area contributed by atoms with Gasteiger partial charge in [-0.3, -0.25) is 0 Å². The number of nitrogens with zero attached hydrogens (tertiary/aromatic N) is 4. The summed E-state index contributed by atoms with van der Waals surface area (Å²) in [6, 6.07) is 0.429. The summed E-state index contributed by atoms with van der Waals surface area (Å²) in [5.41, 5.74) is 2.36. The molecule has 0 aliphatic carbocycles. The van der Waals surface area contributed by atoms with Crippen molar-refractivity contribution in [3.63, 3.8) is 0 Å². The Balaban J connectivity index is 1.77. The Morgan fingerprint density at radius 2 is 2.00 bits per heavy atom. The highest BCUT2D eigenvalue weighted by Crippen LogP contribution is 2.03.